The lowest BCUT2D eigenvalue weighted by Crippen LogP contribution is -2.33. The van der Waals surface area contributed by atoms with Gasteiger partial charge in [-0.05, 0) is 36.5 Å². The normalized spacial score (nSPS) is 24.9. The highest BCUT2D eigenvalue weighted by Gasteiger charge is 2.21. The van der Waals surface area contributed by atoms with Gasteiger partial charge in [0.25, 0.3) is 0 Å². The van der Waals surface area contributed by atoms with Crippen LogP contribution >= 0.6 is 15.9 Å². The summed E-state index contributed by atoms with van der Waals surface area (Å²) in [5.41, 5.74) is 1.24. The second-order valence-corrected chi connectivity index (χ2v) is 6.67. The zero-order valence-electron chi connectivity index (χ0n) is 12.0. The summed E-state index contributed by atoms with van der Waals surface area (Å²) in [7, 11) is 0. The molecule has 1 aromatic rings. The summed E-state index contributed by atoms with van der Waals surface area (Å²) in [6.45, 7) is 3.53. The van der Waals surface area contributed by atoms with Crippen LogP contribution in [-0.4, -0.2) is 12.8 Å². The average Bonchev–Trinajstić information content (AvgIpc) is 2.92. The third-order valence-corrected chi connectivity index (χ3v) is 5.22. The molecule has 2 atom stereocenters. The van der Waals surface area contributed by atoms with Gasteiger partial charge in [0.05, 0.1) is 0 Å². The van der Waals surface area contributed by atoms with Crippen molar-refractivity contribution < 1.29 is 9.47 Å². The van der Waals surface area contributed by atoms with E-state index in [1.54, 1.807) is 0 Å². The molecule has 110 valence electrons. The van der Waals surface area contributed by atoms with E-state index in [1.807, 2.05) is 6.07 Å². The van der Waals surface area contributed by atoms with E-state index in [-0.39, 0.29) is 0 Å². The SMILES string of the molecule is CCC1CCCC(NCc2cc3c(cc2Br)OCO3)C1. The number of hydrogen-bond donors (Lipinski definition) is 1. The summed E-state index contributed by atoms with van der Waals surface area (Å²) in [4.78, 5) is 0. The molecule has 1 heterocycles. The molecule has 0 aromatic heterocycles. The van der Waals surface area contributed by atoms with Gasteiger partial charge in [-0.3, -0.25) is 0 Å². The van der Waals surface area contributed by atoms with Crippen LogP contribution in [0.3, 0.4) is 0 Å². The van der Waals surface area contributed by atoms with Crippen LogP contribution in [0.4, 0.5) is 0 Å². The Bertz CT molecular complexity index is 478. The van der Waals surface area contributed by atoms with Gasteiger partial charge in [0.1, 0.15) is 0 Å². The topological polar surface area (TPSA) is 30.5 Å². The van der Waals surface area contributed by atoms with Gasteiger partial charge in [-0.2, -0.15) is 0 Å². The molecule has 2 unspecified atom stereocenters. The zero-order valence-corrected chi connectivity index (χ0v) is 13.5. The number of halogens is 1. The first-order valence-corrected chi connectivity index (χ1v) is 8.37. The molecule has 1 aliphatic heterocycles. The first-order chi connectivity index (χ1) is 9.76. The lowest BCUT2D eigenvalue weighted by atomic mass is 9.84. The minimum absolute atomic E-state index is 0.333. The summed E-state index contributed by atoms with van der Waals surface area (Å²) < 4.78 is 11.9. The van der Waals surface area contributed by atoms with Crippen LogP contribution in [0.25, 0.3) is 0 Å². The Morgan fingerprint density at radius 1 is 1.25 bits per heavy atom. The van der Waals surface area contributed by atoms with Gasteiger partial charge in [-0.1, -0.05) is 42.1 Å². The van der Waals surface area contributed by atoms with Crippen LogP contribution in [0.1, 0.15) is 44.6 Å². The molecule has 20 heavy (non-hydrogen) atoms. The first-order valence-electron chi connectivity index (χ1n) is 7.57. The van der Waals surface area contributed by atoms with E-state index in [0.29, 0.717) is 12.8 Å². The van der Waals surface area contributed by atoms with Crippen LogP contribution < -0.4 is 14.8 Å². The number of ether oxygens (including phenoxy) is 2. The molecule has 0 bridgehead atoms. The van der Waals surface area contributed by atoms with E-state index >= 15 is 0 Å². The lowest BCUT2D eigenvalue weighted by Gasteiger charge is -2.29. The molecule has 1 aliphatic carbocycles. The van der Waals surface area contributed by atoms with Crippen molar-refractivity contribution in [2.45, 2.75) is 51.6 Å². The van der Waals surface area contributed by atoms with E-state index in [0.717, 1.165) is 28.4 Å². The van der Waals surface area contributed by atoms with Crippen molar-refractivity contribution in [1.82, 2.24) is 5.32 Å². The van der Waals surface area contributed by atoms with Gasteiger partial charge in [-0.15, -0.1) is 0 Å². The first kappa shape index (κ1) is 14.2. The molecule has 1 saturated carbocycles. The zero-order chi connectivity index (χ0) is 13.9. The molecular formula is C16H22BrNO2. The second-order valence-electron chi connectivity index (χ2n) is 5.82. The monoisotopic (exact) mass is 339 g/mol. The van der Waals surface area contributed by atoms with Gasteiger partial charge >= 0.3 is 0 Å². The number of fused-ring (bicyclic) bond motifs is 1. The van der Waals surface area contributed by atoms with E-state index in [2.05, 4.69) is 34.2 Å². The maximum Gasteiger partial charge on any atom is 0.231 e. The van der Waals surface area contributed by atoms with Gasteiger partial charge in [0.15, 0.2) is 11.5 Å². The van der Waals surface area contributed by atoms with Gasteiger partial charge < -0.3 is 14.8 Å². The summed E-state index contributed by atoms with van der Waals surface area (Å²) in [6.07, 6.45) is 6.70. The minimum atomic E-state index is 0.333. The molecule has 0 amide bonds. The van der Waals surface area contributed by atoms with E-state index in [9.17, 15) is 0 Å². The molecule has 1 fully saturated rings. The third-order valence-electron chi connectivity index (χ3n) is 4.48. The van der Waals surface area contributed by atoms with Crippen LogP contribution in [0.2, 0.25) is 0 Å². The molecular weight excluding hydrogens is 318 g/mol. The highest BCUT2D eigenvalue weighted by molar-refractivity contribution is 9.10. The molecule has 0 saturated heterocycles. The van der Waals surface area contributed by atoms with Gasteiger partial charge in [-0.25, -0.2) is 0 Å². The highest BCUT2D eigenvalue weighted by atomic mass is 79.9. The molecule has 0 radical (unpaired) electrons. The summed E-state index contributed by atoms with van der Waals surface area (Å²) in [5, 5.41) is 3.71. The smallest absolute Gasteiger partial charge is 0.231 e. The molecule has 1 N–H and O–H groups in total. The van der Waals surface area contributed by atoms with E-state index in [4.69, 9.17) is 9.47 Å². The minimum Gasteiger partial charge on any atom is -0.454 e. The largest absolute Gasteiger partial charge is 0.454 e. The highest BCUT2D eigenvalue weighted by Crippen LogP contribution is 2.37. The third kappa shape index (κ3) is 3.12. The standard InChI is InChI=1S/C16H22BrNO2/c1-2-11-4-3-5-13(6-11)18-9-12-7-15-16(8-14(12)17)20-10-19-15/h7-8,11,13,18H,2-6,9-10H2,1H3. The predicted molar refractivity (Wildman–Crippen MR) is 83.1 cm³/mol. The molecule has 4 heteroatoms. The van der Waals surface area contributed by atoms with Crippen molar-refractivity contribution in [2.75, 3.05) is 6.79 Å². The summed E-state index contributed by atoms with van der Waals surface area (Å²) >= 11 is 3.62. The Labute approximate surface area is 129 Å². The number of benzene rings is 1. The fraction of sp³-hybridized carbons (Fsp3) is 0.625. The maximum absolute atomic E-state index is 5.45. The second kappa shape index (κ2) is 6.35. The van der Waals surface area contributed by atoms with E-state index < -0.39 is 0 Å². The van der Waals surface area contributed by atoms with Crippen molar-refractivity contribution in [1.29, 1.82) is 0 Å². The van der Waals surface area contributed by atoms with Crippen molar-refractivity contribution >= 4 is 15.9 Å². The number of rotatable bonds is 4. The number of hydrogen-bond acceptors (Lipinski definition) is 3. The molecule has 3 rings (SSSR count). The molecule has 2 aliphatic rings. The molecule has 0 spiro atoms. The number of nitrogens with one attached hydrogen (secondary N) is 1. The Kier molecular flexibility index (Phi) is 4.51. The Hall–Kier alpha value is -0.740. The summed E-state index contributed by atoms with van der Waals surface area (Å²) in [6, 6.07) is 4.75. The average molecular weight is 340 g/mol. The van der Waals surface area contributed by atoms with Crippen molar-refractivity contribution in [3.8, 4) is 11.5 Å². The maximum atomic E-state index is 5.45. The Balaban J connectivity index is 1.61. The van der Waals surface area contributed by atoms with Crippen LogP contribution in [-0.2, 0) is 6.54 Å². The Morgan fingerprint density at radius 2 is 2.05 bits per heavy atom. The van der Waals surface area contributed by atoms with Crippen molar-refractivity contribution in [3.63, 3.8) is 0 Å². The molecule has 3 nitrogen and oxygen atoms in total. The fourth-order valence-corrected chi connectivity index (χ4v) is 3.66. The van der Waals surface area contributed by atoms with Crippen LogP contribution in [0.5, 0.6) is 11.5 Å². The van der Waals surface area contributed by atoms with E-state index in [1.165, 1.54) is 37.7 Å². The van der Waals surface area contributed by atoms with Gasteiger partial charge in [0, 0.05) is 17.1 Å². The summed E-state index contributed by atoms with van der Waals surface area (Å²) in [5.74, 6) is 2.60. The fourth-order valence-electron chi connectivity index (χ4n) is 3.20. The molecule has 1 aromatic carbocycles. The quantitative estimate of drug-likeness (QED) is 0.889. The van der Waals surface area contributed by atoms with Crippen LogP contribution in [0, 0.1) is 5.92 Å². The predicted octanol–water partition coefficient (Wildman–Crippen LogP) is 4.24. The lowest BCUT2D eigenvalue weighted by molar-refractivity contribution is 0.174. The van der Waals surface area contributed by atoms with Gasteiger partial charge in [0.2, 0.25) is 6.79 Å². The van der Waals surface area contributed by atoms with Crippen molar-refractivity contribution in [3.05, 3.63) is 22.2 Å². The van der Waals surface area contributed by atoms with Crippen molar-refractivity contribution in [2.24, 2.45) is 5.92 Å². The van der Waals surface area contributed by atoms with Crippen LogP contribution in [0.15, 0.2) is 16.6 Å². The Morgan fingerprint density at radius 3 is 2.85 bits per heavy atom.